The van der Waals surface area contributed by atoms with Crippen molar-refractivity contribution < 1.29 is 19.1 Å². The highest BCUT2D eigenvalue weighted by molar-refractivity contribution is 6.00. The average Bonchev–Trinajstić information content (AvgIpc) is 2.44. The van der Waals surface area contributed by atoms with E-state index in [1.807, 2.05) is 13.8 Å². The molecule has 0 aliphatic carbocycles. The van der Waals surface area contributed by atoms with E-state index in [1.165, 1.54) is 6.92 Å². The number of benzene rings is 1. The molecule has 0 fully saturated rings. The van der Waals surface area contributed by atoms with Crippen LogP contribution in [0.15, 0.2) is 24.3 Å². The molecule has 0 spiro atoms. The van der Waals surface area contributed by atoms with E-state index >= 15 is 0 Å². The second kappa shape index (κ2) is 8.32. The van der Waals surface area contributed by atoms with E-state index in [2.05, 4.69) is 5.32 Å². The maximum absolute atomic E-state index is 12.2. The van der Waals surface area contributed by atoms with Crippen molar-refractivity contribution in [3.8, 4) is 0 Å². The Morgan fingerprint density at radius 1 is 1.09 bits per heavy atom. The number of anilines is 1. The van der Waals surface area contributed by atoms with Crippen LogP contribution in [0.25, 0.3) is 0 Å². The molecule has 0 aliphatic rings. The third-order valence-corrected chi connectivity index (χ3v) is 3.09. The van der Waals surface area contributed by atoms with Crippen LogP contribution in [0.2, 0.25) is 0 Å². The summed E-state index contributed by atoms with van der Waals surface area (Å²) >= 11 is 0. The van der Waals surface area contributed by atoms with Gasteiger partial charge in [-0.3, -0.25) is 14.4 Å². The minimum absolute atomic E-state index is 0.175. The second-order valence-corrected chi connectivity index (χ2v) is 5.69. The van der Waals surface area contributed by atoms with Gasteiger partial charge in [-0.05, 0) is 43.5 Å². The smallest absolute Gasteiger partial charge is 0.306 e. The van der Waals surface area contributed by atoms with Crippen molar-refractivity contribution >= 4 is 23.3 Å². The SMILES string of the molecule is CC(=O)Nc1ccc(C(=O)C(C)OC(=O)CCC(C)C)cc1. The van der Waals surface area contributed by atoms with Gasteiger partial charge >= 0.3 is 5.97 Å². The lowest BCUT2D eigenvalue weighted by Gasteiger charge is -2.13. The van der Waals surface area contributed by atoms with Gasteiger partial charge in [0.05, 0.1) is 0 Å². The number of carbonyl (C=O) groups excluding carboxylic acids is 3. The van der Waals surface area contributed by atoms with Gasteiger partial charge < -0.3 is 10.1 Å². The molecule has 5 heteroatoms. The quantitative estimate of drug-likeness (QED) is 0.620. The van der Waals surface area contributed by atoms with Crippen LogP contribution < -0.4 is 5.32 Å². The van der Waals surface area contributed by atoms with E-state index in [1.54, 1.807) is 31.2 Å². The first-order valence-electron chi connectivity index (χ1n) is 7.41. The Hall–Kier alpha value is -2.17. The van der Waals surface area contributed by atoms with Gasteiger partial charge in [0.1, 0.15) is 0 Å². The van der Waals surface area contributed by atoms with Crippen molar-refractivity contribution in [2.75, 3.05) is 5.32 Å². The molecule has 1 aromatic carbocycles. The number of ether oxygens (including phenoxy) is 1. The minimum Gasteiger partial charge on any atom is -0.454 e. The van der Waals surface area contributed by atoms with Crippen molar-refractivity contribution in [2.45, 2.75) is 46.6 Å². The lowest BCUT2D eigenvalue weighted by molar-refractivity contribution is -0.146. The molecule has 1 rings (SSSR count). The predicted octanol–water partition coefficient (Wildman–Crippen LogP) is 3.20. The van der Waals surface area contributed by atoms with E-state index in [0.717, 1.165) is 6.42 Å². The van der Waals surface area contributed by atoms with Crippen LogP contribution in [0.1, 0.15) is 50.9 Å². The fraction of sp³-hybridized carbons (Fsp3) is 0.471. The molecule has 1 amide bonds. The Labute approximate surface area is 131 Å². The fourth-order valence-electron chi connectivity index (χ4n) is 1.87. The third kappa shape index (κ3) is 6.08. The molecule has 0 saturated carbocycles. The summed E-state index contributed by atoms with van der Waals surface area (Å²) in [6, 6.07) is 6.49. The van der Waals surface area contributed by atoms with Gasteiger partial charge in [-0.25, -0.2) is 0 Å². The van der Waals surface area contributed by atoms with Crippen LogP contribution in [0.4, 0.5) is 5.69 Å². The summed E-state index contributed by atoms with van der Waals surface area (Å²) < 4.78 is 5.15. The Kier molecular flexibility index (Phi) is 6.76. The Morgan fingerprint density at radius 2 is 1.68 bits per heavy atom. The number of amides is 1. The molecule has 5 nitrogen and oxygen atoms in total. The molecular formula is C17H23NO4. The molecule has 0 aromatic heterocycles. The van der Waals surface area contributed by atoms with Gasteiger partial charge in [0.2, 0.25) is 11.7 Å². The molecule has 22 heavy (non-hydrogen) atoms. The molecule has 1 atom stereocenters. The highest BCUT2D eigenvalue weighted by atomic mass is 16.5. The first-order valence-corrected chi connectivity index (χ1v) is 7.41. The molecule has 1 N–H and O–H groups in total. The van der Waals surface area contributed by atoms with E-state index in [9.17, 15) is 14.4 Å². The summed E-state index contributed by atoms with van der Waals surface area (Å²) in [6.45, 7) is 7.03. The summed E-state index contributed by atoms with van der Waals surface area (Å²) in [7, 11) is 0. The average molecular weight is 305 g/mol. The van der Waals surface area contributed by atoms with E-state index < -0.39 is 6.10 Å². The summed E-state index contributed by atoms with van der Waals surface area (Å²) in [6.07, 6.45) is 0.244. The van der Waals surface area contributed by atoms with Crippen molar-refractivity contribution in [1.29, 1.82) is 0 Å². The molecule has 0 aliphatic heterocycles. The number of ketones is 1. The Bertz CT molecular complexity index is 534. The van der Waals surface area contributed by atoms with Gasteiger partial charge in [0.25, 0.3) is 0 Å². The summed E-state index contributed by atoms with van der Waals surface area (Å²) in [4.78, 5) is 34.8. The molecule has 1 unspecified atom stereocenters. The number of carbonyl (C=O) groups is 3. The lowest BCUT2D eigenvalue weighted by Crippen LogP contribution is -2.24. The lowest BCUT2D eigenvalue weighted by atomic mass is 10.1. The third-order valence-electron chi connectivity index (χ3n) is 3.09. The van der Waals surface area contributed by atoms with E-state index in [4.69, 9.17) is 4.74 Å². The minimum atomic E-state index is -0.814. The van der Waals surface area contributed by atoms with Crippen LogP contribution in [0.5, 0.6) is 0 Å². The summed E-state index contributed by atoms with van der Waals surface area (Å²) in [5.41, 5.74) is 1.06. The normalized spacial score (nSPS) is 11.9. The van der Waals surface area contributed by atoms with Crippen molar-refractivity contribution in [3.63, 3.8) is 0 Å². The van der Waals surface area contributed by atoms with Crippen LogP contribution >= 0.6 is 0 Å². The predicted molar refractivity (Wildman–Crippen MR) is 84.7 cm³/mol. The molecule has 0 bridgehead atoms. The highest BCUT2D eigenvalue weighted by Crippen LogP contribution is 2.13. The number of nitrogens with one attached hydrogen (secondary N) is 1. The van der Waals surface area contributed by atoms with E-state index in [-0.39, 0.29) is 17.7 Å². The highest BCUT2D eigenvalue weighted by Gasteiger charge is 2.19. The number of esters is 1. The summed E-state index contributed by atoms with van der Waals surface area (Å²) in [5, 5.41) is 2.62. The fourth-order valence-corrected chi connectivity index (χ4v) is 1.87. The van der Waals surface area contributed by atoms with Crippen LogP contribution in [0, 0.1) is 5.92 Å². The maximum Gasteiger partial charge on any atom is 0.306 e. The van der Waals surface area contributed by atoms with Crippen LogP contribution in [-0.2, 0) is 14.3 Å². The first-order chi connectivity index (χ1) is 10.3. The van der Waals surface area contributed by atoms with Gasteiger partial charge in [0.15, 0.2) is 6.10 Å². The largest absolute Gasteiger partial charge is 0.454 e. The molecule has 120 valence electrons. The van der Waals surface area contributed by atoms with Gasteiger partial charge in [-0.1, -0.05) is 13.8 Å². The number of rotatable bonds is 7. The van der Waals surface area contributed by atoms with Crippen molar-refractivity contribution in [2.24, 2.45) is 5.92 Å². The zero-order valence-electron chi connectivity index (χ0n) is 13.5. The molecular weight excluding hydrogens is 282 g/mol. The van der Waals surface area contributed by atoms with E-state index in [0.29, 0.717) is 23.6 Å². The van der Waals surface area contributed by atoms with Crippen molar-refractivity contribution in [1.82, 2.24) is 0 Å². The topological polar surface area (TPSA) is 72.5 Å². The Morgan fingerprint density at radius 3 is 2.18 bits per heavy atom. The number of hydrogen-bond acceptors (Lipinski definition) is 4. The van der Waals surface area contributed by atoms with Gasteiger partial charge in [0, 0.05) is 24.6 Å². The zero-order valence-corrected chi connectivity index (χ0v) is 13.5. The molecule has 0 heterocycles. The van der Waals surface area contributed by atoms with Crippen LogP contribution in [0.3, 0.4) is 0 Å². The van der Waals surface area contributed by atoms with Gasteiger partial charge in [-0.15, -0.1) is 0 Å². The van der Waals surface area contributed by atoms with Crippen molar-refractivity contribution in [3.05, 3.63) is 29.8 Å². The second-order valence-electron chi connectivity index (χ2n) is 5.69. The first kappa shape index (κ1) is 17.9. The molecule has 1 aromatic rings. The standard InChI is InChI=1S/C17H23NO4/c1-11(2)5-10-16(20)22-12(3)17(21)14-6-8-15(9-7-14)18-13(4)19/h6-9,11-12H,5,10H2,1-4H3,(H,18,19). The maximum atomic E-state index is 12.2. The number of hydrogen-bond donors (Lipinski definition) is 1. The monoisotopic (exact) mass is 305 g/mol. The summed E-state index contributed by atoms with van der Waals surface area (Å²) in [5.74, 6) is -0.372. The molecule has 0 radical (unpaired) electrons. The Balaban J connectivity index is 2.59. The van der Waals surface area contributed by atoms with Crippen LogP contribution in [-0.4, -0.2) is 23.8 Å². The zero-order chi connectivity index (χ0) is 16.7. The number of Topliss-reactive ketones (excluding diaryl/α,β-unsaturated/α-hetero) is 1. The van der Waals surface area contributed by atoms with Gasteiger partial charge in [-0.2, -0.15) is 0 Å². The molecule has 0 saturated heterocycles.